The van der Waals surface area contributed by atoms with Gasteiger partial charge in [0.1, 0.15) is 5.82 Å². The summed E-state index contributed by atoms with van der Waals surface area (Å²) < 4.78 is 0. The van der Waals surface area contributed by atoms with Crippen molar-refractivity contribution in [3.05, 3.63) is 59.3 Å². The maximum atomic E-state index is 12.0. The van der Waals surface area contributed by atoms with E-state index in [-0.39, 0.29) is 11.8 Å². The quantitative estimate of drug-likeness (QED) is 0.866. The van der Waals surface area contributed by atoms with E-state index in [9.17, 15) is 9.90 Å². The maximum Gasteiger partial charge on any atom is 0.253 e. The SMILES string of the molecule is CN(C)C(=O)c1ccc(CC2CC[C@H](C(O)c3ccc(N)nc3)C2)cc1. The summed E-state index contributed by atoms with van der Waals surface area (Å²) in [6.45, 7) is 0. The van der Waals surface area contributed by atoms with Crippen molar-refractivity contribution in [1.82, 2.24) is 9.88 Å². The van der Waals surface area contributed by atoms with E-state index in [1.165, 1.54) is 5.56 Å². The molecule has 3 atom stereocenters. The highest BCUT2D eigenvalue weighted by molar-refractivity contribution is 5.93. The zero-order valence-corrected chi connectivity index (χ0v) is 15.4. The number of hydrogen-bond donors (Lipinski definition) is 2. The Morgan fingerprint density at radius 2 is 1.96 bits per heavy atom. The molecule has 2 aromatic rings. The number of pyridine rings is 1. The van der Waals surface area contributed by atoms with Gasteiger partial charge in [-0.15, -0.1) is 0 Å². The monoisotopic (exact) mass is 353 g/mol. The van der Waals surface area contributed by atoms with Crippen molar-refractivity contribution in [2.75, 3.05) is 19.8 Å². The summed E-state index contributed by atoms with van der Waals surface area (Å²) in [6, 6.07) is 11.5. The molecule has 0 aliphatic heterocycles. The van der Waals surface area contributed by atoms with Crippen LogP contribution in [-0.4, -0.2) is 35.0 Å². The number of aliphatic hydroxyl groups excluding tert-OH is 1. The summed E-state index contributed by atoms with van der Waals surface area (Å²) in [5.41, 5.74) is 8.42. The minimum atomic E-state index is -0.479. The van der Waals surface area contributed by atoms with Gasteiger partial charge in [-0.05, 0) is 66.8 Å². The van der Waals surface area contributed by atoms with Gasteiger partial charge in [0.15, 0.2) is 0 Å². The summed E-state index contributed by atoms with van der Waals surface area (Å²) in [4.78, 5) is 17.6. The van der Waals surface area contributed by atoms with Crippen LogP contribution in [0.1, 0.15) is 46.9 Å². The lowest BCUT2D eigenvalue weighted by Crippen LogP contribution is -2.21. The Kier molecular flexibility index (Phi) is 5.57. The van der Waals surface area contributed by atoms with Gasteiger partial charge < -0.3 is 15.7 Å². The van der Waals surface area contributed by atoms with Crippen LogP contribution in [0.3, 0.4) is 0 Å². The van der Waals surface area contributed by atoms with E-state index in [0.717, 1.165) is 31.2 Å². The number of benzene rings is 1. The number of carbonyl (C=O) groups excluding carboxylic acids is 1. The number of carbonyl (C=O) groups is 1. The van der Waals surface area contributed by atoms with Gasteiger partial charge in [-0.25, -0.2) is 4.98 Å². The van der Waals surface area contributed by atoms with Crippen LogP contribution in [0.15, 0.2) is 42.6 Å². The molecule has 1 amide bonds. The van der Waals surface area contributed by atoms with E-state index in [1.807, 2.05) is 30.3 Å². The molecule has 1 aliphatic rings. The van der Waals surface area contributed by atoms with Crippen LogP contribution in [0.5, 0.6) is 0 Å². The second-order valence-corrected chi connectivity index (χ2v) is 7.50. The van der Waals surface area contributed by atoms with Crippen LogP contribution < -0.4 is 5.73 Å². The largest absolute Gasteiger partial charge is 0.388 e. The average Bonchev–Trinajstić information content (AvgIpc) is 3.10. The second kappa shape index (κ2) is 7.87. The Hall–Kier alpha value is -2.40. The van der Waals surface area contributed by atoms with Gasteiger partial charge in [-0.3, -0.25) is 4.79 Å². The second-order valence-electron chi connectivity index (χ2n) is 7.50. The number of nitrogen functional groups attached to an aromatic ring is 1. The molecule has 0 radical (unpaired) electrons. The van der Waals surface area contributed by atoms with Crippen LogP contribution in [0.2, 0.25) is 0 Å². The average molecular weight is 353 g/mol. The zero-order valence-electron chi connectivity index (χ0n) is 15.4. The molecule has 138 valence electrons. The van der Waals surface area contributed by atoms with E-state index in [4.69, 9.17) is 5.73 Å². The molecule has 1 aromatic heterocycles. The first-order chi connectivity index (χ1) is 12.4. The normalized spacial score (nSPS) is 20.7. The number of anilines is 1. The van der Waals surface area contributed by atoms with Crippen molar-refractivity contribution in [3.63, 3.8) is 0 Å². The molecule has 5 heteroatoms. The number of nitrogens with two attached hydrogens (primary N) is 1. The van der Waals surface area contributed by atoms with E-state index in [2.05, 4.69) is 4.98 Å². The van der Waals surface area contributed by atoms with Crippen LogP contribution in [-0.2, 0) is 6.42 Å². The molecule has 1 aliphatic carbocycles. The van der Waals surface area contributed by atoms with Crippen molar-refractivity contribution in [2.45, 2.75) is 31.8 Å². The molecule has 0 spiro atoms. The standard InChI is InChI=1S/C21H27N3O2/c1-24(2)21(26)16-6-3-14(4-7-16)11-15-5-8-17(12-15)20(25)18-9-10-19(22)23-13-18/h3-4,6-7,9-10,13,15,17,20,25H,5,8,11-12H2,1-2H3,(H2,22,23)/t15?,17-,20?/m0/s1. The van der Waals surface area contributed by atoms with Crippen molar-refractivity contribution in [3.8, 4) is 0 Å². The topological polar surface area (TPSA) is 79.5 Å². The molecule has 1 saturated carbocycles. The number of hydrogen-bond acceptors (Lipinski definition) is 4. The summed E-state index contributed by atoms with van der Waals surface area (Å²) in [5.74, 6) is 1.32. The van der Waals surface area contributed by atoms with Crippen molar-refractivity contribution < 1.29 is 9.90 Å². The van der Waals surface area contributed by atoms with Crippen molar-refractivity contribution in [1.29, 1.82) is 0 Å². The predicted molar refractivity (Wildman–Crippen MR) is 103 cm³/mol. The number of rotatable bonds is 5. The molecule has 5 nitrogen and oxygen atoms in total. The number of nitrogens with zero attached hydrogens (tertiary/aromatic N) is 2. The van der Waals surface area contributed by atoms with Gasteiger partial charge in [0, 0.05) is 25.9 Å². The van der Waals surface area contributed by atoms with E-state index in [0.29, 0.717) is 17.3 Å². The first kappa shape index (κ1) is 18.4. The lowest BCUT2D eigenvalue weighted by atomic mass is 9.92. The highest BCUT2D eigenvalue weighted by atomic mass is 16.3. The molecule has 1 fully saturated rings. The Labute approximate surface area is 154 Å². The van der Waals surface area contributed by atoms with Gasteiger partial charge in [0.2, 0.25) is 0 Å². The number of aliphatic hydroxyl groups is 1. The zero-order chi connectivity index (χ0) is 18.7. The van der Waals surface area contributed by atoms with E-state index >= 15 is 0 Å². The molecule has 1 aromatic carbocycles. The van der Waals surface area contributed by atoms with Crippen molar-refractivity contribution in [2.24, 2.45) is 11.8 Å². The van der Waals surface area contributed by atoms with E-state index in [1.54, 1.807) is 31.3 Å². The summed E-state index contributed by atoms with van der Waals surface area (Å²) >= 11 is 0. The molecule has 2 unspecified atom stereocenters. The third-order valence-corrected chi connectivity index (χ3v) is 5.31. The number of amides is 1. The van der Waals surface area contributed by atoms with Crippen LogP contribution in [0.25, 0.3) is 0 Å². The van der Waals surface area contributed by atoms with Gasteiger partial charge >= 0.3 is 0 Å². The lowest BCUT2D eigenvalue weighted by molar-refractivity contribution is 0.0827. The van der Waals surface area contributed by atoms with Gasteiger partial charge in [0.25, 0.3) is 5.91 Å². The molecule has 1 heterocycles. The molecular weight excluding hydrogens is 326 g/mol. The van der Waals surface area contributed by atoms with Crippen LogP contribution in [0.4, 0.5) is 5.82 Å². The highest BCUT2D eigenvalue weighted by Crippen LogP contribution is 2.40. The smallest absolute Gasteiger partial charge is 0.253 e. The van der Waals surface area contributed by atoms with Gasteiger partial charge in [-0.2, -0.15) is 0 Å². The fraction of sp³-hybridized carbons (Fsp3) is 0.429. The Morgan fingerprint density at radius 3 is 2.58 bits per heavy atom. The fourth-order valence-electron chi connectivity index (χ4n) is 3.82. The third-order valence-electron chi connectivity index (χ3n) is 5.31. The molecule has 0 bridgehead atoms. The van der Waals surface area contributed by atoms with Crippen molar-refractivity contribution >= 4 is 11.7 Å². The maximum absolute atomic E-state index is 12.0. The molecular formula is C21H27N3O2. The van der Waals surface area contributed by atoms with Crippen LogP contribution in [0, 0.1) is 11.8 Å². The number of aromatic nitrogens is 1. The molecule has 3 rings (SSSR count). The molecule has 0 saturated heterocycles. The lowest BCUT2D eigenvalue weighted by Gasteiger charge is -2.18. The first-order valence-electron chi connectivity index (χ1n) is 9.14. The fourth-order valence-corrected chi connectivity index (χ4v) is 3.82. The molecule has 26 heavy (non-hydrogen) atoms. The van der Waals surface area contributed by atoms with Crippen LogP contribution >= 0.6 is 0 Å². The Bertz CT molecular complexity index is 741. The highest BCUT2D eigenvalue weighted by Gasteiger charge is 2.30. The van der Waals surface area contributed by atoms with Gasteiger partial charge in [-0.1, -0.05) is 18.2 Å². The first-order valence-corrected chi connectivity index (χ1v) is 9.14. The molecule has 3 N–H and O–H groups in total. The summed E-state index contributed by atoms with van der Waals surface area (Å²) in [5, 5.41) is 10.6. The summed E-state index contributed by atoms with van der Waals surface area (Å²) in [6.07, 6.45) is 5.32. The Morgan fingerprint density at radius 1 is 1.23 bits per heavy atom. The minimum Gasteiger partial charge on any atom is -0.388 e. The van der Waals surface area contributed by atoms with E-state index < -0.39 is 6.10 Å². The minimum absolute atomic E-state index is 0.0257. The predicted octanol–water partition coefficient (Wildman–Crippen LogP) is 3.06. The van der Waals surface area contributed by atoms with Gasteiger partial charge in [0.05, 0.1) is 6.10 Å². The summed E-state index contributed by atoms with van der Waals surface area (Å²) in [7, 11) is 3.52. The Balaban J connectivity index is 1.57. The third kappa shape index (κ3) is 4.22.